The zero-order chi connectivity index (χ0) is 16.5. The van der Waals surface area contributed by atoms with Crippen LogP contribution in [0.4, 0.5) is 11.5 Å². The zero-order valence-corrected chi connectivity index (χ0v) is 12.7. The van der Waals surface area contributed by atoms with E-state index in [1.54, 1.807) is 6.33 Å². The molecule has 8 nitrogen and oxygen atoms in total. The van der Waals surface area contributed by atoms with Gasteiger partial charge in [-0.3, -0.25) is 14.5 Å². The number of fused-ring (bicyclic) bond motifs is 1. The van der Waals surface area contributed by atoms with Crippen LogP contribution in [0, 0.1) is 0 Å². The highest BCUT2D eigenvalue weighted by Crippen LogP contribution is 2.22. The number of nitrogens with one attached hydrogen (secondary N) is 2. The van der Waals surface area contributed by atoms with Crippen LogP contribution in [-0.2, 0) is 16.1 Å². The molecule has 8 heteroatoms. The van der Waals surface area contributed by atoms with Crippen molar-refractivity contribution in [3.63, 3.8) is 0 Å². The fourth-order valence-electron chi connectivity index (χ4n) is 2.73. The second kappa shape index (κ2) is 5.73. The second-order valence-electron chi connectivity index (χ2n) is 5.52. The summed E-state index contributed by atoms with van der Waals surface area (Å²) in [5.41, 5.74) is 2.98. The maximum atomic E-state index is 11.7. The minimum absolute atomic E-state index is 0.117. The number of carbonyl (C=O) groups is 2. The highest BCUT2D eigenvalue weighted by Gasteiger charge is 2.28. The van der Waals surface area contributed by atoms with Gasteiger partial charge in [0.2, 0.25) is 11.8 Å². The van der Waals surface area contributed by atoms with Crippen LogP contribution < -0.4 is 5.32 Å². The molecule has 0 saturated carbocycles. The van der Waals surface area contributed by atoms with Crippen LogP contribution in [0.3, 0.4) is 0 Å². The fourth-order valence-corrected chi connectivity index (χ4v) is 2.73. The number of likely N-dealkylation sites (tertiary alicyclic amines) is 1. The number of carbonyl (C=O) groups excluding carboxylic acids is 2. The predicted octanol–water partition coefficient (Wildman–Crippen LogP) is 1.75. The molecule has 3 heterocycles. The average Bonchev–Trinajstić information content (AvgIpc) is 3.18. The Hall–Kier alpha value is -3.29. The van der Waals surface area contributed by atoms with Gasteiger partial charge < -0.3 is 10.3 Å². The first-order valence-electron chi connectivity index (χ1n) is 7.54. The van der Waals surface area contributed by atoms with E-state index in [-0.39, 0.29) is 18.4 Å². The average molecular weight is 322 g/mol. The Bertz CT molecular complexity index is 919. The summed E-state index contributed by atoms with van der Waals surface area (Å²) in [6.07, 6.45) is 3.60. The first-order valence-corrected chi connectivity index (χ1v) is 7.54. The molecule has 0 spiro atoms. The van der Waals surface area contributed by atoms with E-state index < -0.39 is 0 Å². The third-order valence-electron chi connectivity index (χ3n) is 3.91. The van der Waals surface area contributed by atoms with Gasteiger partial charge >= 0.3 is 0 Å². The zero-order valence-electron chi connectivity index (χ0n) is 12.7. The molecule has 0 atom stereocenters. The molecule has 0 aliphatic carbocycles. The van der Waals surface area contributed by atoms with Gasteiger partial charge in [-0.05, 0) is 17.7 Å². The second-order valence-corrected chi connectivity index (χ2v) is 5.52. The van der Waals surface area contributed by atoms with Crippen molar-refractivity contribution in [1.29, 1.82) is 0 Å². The van der Waals surface area contributed by atoms with Crippen molar-refractivity contribution in [3.8, 4) is 0 Å². The first-order chi connectivity index (χ1) is 11.7. The quantitative estimate of drug-likeness (QED) is 0.709. The molecule has 0 radical (unpaired) electrons. The molecule has 1 aliphatic heterocycles. The smallest absolute Gasteiger partial charge is 0.229 e. The third kappa shape index (κ3) is 2.58. The Kier molecular flexibility index (Phi) is 3.42. The molecule has 120 valence electrons. The van der Waals surface area contributed by atoms with Crippen molar-refractivity contribution in [2.75, 3.05) is 5.32 Å². The fraction of sp³-hybridized carbons (Fsp3) is 0.188. The number of hydrogen-bond acceptors (Lipinski definition) is 6. The van der Waals surface area contributed by atoms with Crippen molar-refractivity contribution >= 4 is 34.5 Å². The van der Waals surface area contributed by atoms with Crippen LogP contribution in [0.25, 0.3) is 11.2 Å². The maximum absolute atomic E-state index is 11.7. The third-order valence-corrected chi connectivity index (χ3v) is 3.91. The van der Waals surface area contributed by atoms with Gasteiger partial charge in [-0.2, -0.15) is 0 Å². The Morgan fingerprint density at radius 2 is 1.96 bits per heavy atom. The summed E-state index contributed by atoms with van der Waals surface area (Å²) in [4.78, 5) is 40.2. The number of nitrogens with zero attached hydrogens (tertiary/aromatic N) is 4. The van der Waals surface area contributed by atoms with E-state index in [4.69, 9.17) is 0 Å². The monoisotopic (exact) mass is 322 g/mol. The molecule has 2 N–H and O–H groups in total. The lowest BCUT2D eigenvalue weighted by Gasteiger charge is -2.14. The number of aromatic nitrogens is 4. The minimum atomic E-state index is -0.117. The number of anilines is 2. The Balaban J connectivity index is 1.58. The Morgan fingerprint density at radius 3 is 2.79 bits per heavy atom. The highest BCUT2D eigenvalue weighted by molar-refractivity contribution is 6.01. The van der Waals surface area contributed by atoms with Crippen molar-refractivity contribution in [2.24, 2.45) is 0 Å². The predicted molar refractivity (Wildman–Crippen MR) is 86.2 cm³/mol. The van der Waals surface area contributed by atoms with Crippen LogP contribution in [0.15, 0.2) is 36.9 Å². The molecule has 0 unspecified atom stereocenters. The van der Waals surface area contributed by atoms with Gasteiger partial charge in [-0.25, -0.2) is 15.0 Å². The Morgan fingerprint density at radius 1 is 1.12 bits per heavy atom. The van der Waals surface area contributed by atoms with E-state index >= 15 is 0 Å². The van der Waals surface area contributed by atoms with Gasteiger partial charge in [-0.15, -0.1) is 0 Å². The van der Waals surface area contributed by atoms with E-state index in [1.807, 2.05) is 24.3 Å². The number of imidazole rings is 1. The first kappa shape index (κ1) is 14.3. The van der Waals surface area contributed by atoms with Crippen LogP contribution in [0.2, 0.25) is 0 Å². The lowest BCUT2D eigenvalue weighted by atomic mass is 10.2. The summed E-state index contributed by atoms with van der Waals surface area (Å²) in [6, 6.07) is 7.54. The Labute approximate surface area is 136 Å². The van der Waals surface area contributed by atoms with E-state index in [2.05, 4.69) is 25.3 Å². The van der Waals surface area contributed by atoms with Gasteiger partial charge in [0.25, 0.3) is 0 Å². The van der Waals surface area contributed by atoms with Crippen molar-refractivity contribution in [1.82, 2.24) is 24.8 Å². The van der Waals surface area contributed by atoms with E-state index in [9.17, 15) is 9.59 Å². The largest absolute Gasteiger partial charge is 0.340 e. The van der Waals surface area contributed by atoms with Crippen molar-refractivity contribution < 1.29 is 9.59 Å². The minimum Gasteiger partial charge on any atom is -0.340 e. The summed E-state index contributed by atoms with van der Waals surface area (Å²) >= 11 is 0. The maximum Gasteiger partial charge on any atom is 0.229 e. The van der Waals surface area contributed by atoms with Crippen LogP contribution >= 0.6 is 0 Å². The summed E-state index contributed by atoms with van der Waals surface area (Å²) in [6.45, 7) is 0.288. The molecule has 2 aromatic heterocycles. The van der Waals surface area contributed by atoms with Gasteiger partial charge in [0.05, 0.1) is 12.9 Å². The van der Waals surface area contributed by atoms with Crippen molar-refractivity contribution in [3.05, 3.63) is 42.5 Å². The van der Waals surface area contributed by atoms with Crippen LogP contribution in [0.5, 0.6) is 0 Å². The number of aromatic amines is 1. The number of amides is 2. The lowest BCUT2D eigenvalue weighted by Crippen LogP contribution is -2.28. The van der Waals surface area contributed by atoms with E-state index in [1.165, 1.54) is 11.2 Å². The molecular weight excluding hydrogens is 308 g/mol. The summed E-state index contributed by atoms with van der Waals surface area (Å²) < 4.78 is 0. The molecule has 4 rings (SSSR count). The van der Waals surface area contributed by atoms with Gasteiger partial charge in [0.15, 0.2) is 11.5 Å². The molecule has 0 bridgehead atoms. The standard InChI is InChI=1S/C16H14N6O2/c23-12-4-5-13(24)22(12)7-10-2-1-3-11(6-10)21-16-14-15(18-8-17-14)19-9-20-16/h1-3,6,8-9H,4-5,7H2,(H2,17,18,19,20,21). The van der Waals surface area contributed by atoms with Gasteiger partial charge in [0.1, 0.15) is 11.8 Å². The van der Waals surface area contributed by atoms with Crippen molar-refractivity contribution in [2.45, 2.75) is 19.4 Å². The van der Waals surface area contributed by atoms with E-state index in [0.717, 1.165) is 11.3 Å². The summed E-state index contributed by atoms with van der Waals surface area (Å²) in [5, 5.41) is 3.21. The van der Waals surface area contributed by atoms with Gasteiger partial charge in [-0.1, -0.05) is 12.1 Å². The van der Waals surface area contributed by atoms with Crippen LogP contribution in [-0.4, -0.2) is 36.7 Å². The number of hydrogen-bond donors (Lipinski definition) is 2. The summed E-state index contributed by atoms with van der Waals surface area (Å²) in [7, 11) is 0. The van der Waals surface area contributed by atoms with E-state index in [0.29, 0.717) is 29.8 Å². The van der Waals surface area contributed by atoms with Gasteiger partial charge in [0, 0.05) is 18.5 Å². The molecule has 1 saturated heterocycles. The molecule has 2 amide bonds. The molecular formula is C16H14N6O2. The van der Waals surface area contributed by atoms with Crippen LogP contribution in [0.1, 0.15) is 18.4 Å². The topological polar surface area (TPSA) is 104 Å². The number of H-pyrrole nitrogens is 1. The number of benzene rings is 1. The number of imide groups is 1. The molecule has 1 fully saturated rings. The SMILES string of the molecule is O=C1CCC(=O)N1Cc1cccc(Nc2ncnc3nc[nH]c23)c1. The molecule has 3 aromatic rings. The lowest BCUT2D eigenvalue weighted by molar-refractivity contribution is -0.139. The highest BCUT2D eigenvalue weighted by atomic mass is 16.2. The molecule has 1 aromatic carbocycles. The molecule has 24 heavy (non-hydrogen) atoms. The number of rotatable bonds is 4. The normalized spacial score (nSPS) is 14.6. The molecule has 1 aliphatic rings. The summed E-state index contributed by atoms with van der Waals surface area (Å²) in [5.74, 6) is 0.379.